The number of aromatic nitrogens is 4. The van der Waals surface area contributed by atoms with Crippen LogP contribution in [0.5, 0.6) is 0 Å². The Labute approximate surface area is 155 Å². The molecule has 140 valence electrons. The summed E-state index contributed by atoms with van der Waals surface area (Å²) >= 11 is 0. The van der Waals surface area contributed by atoms with Gasteiger partial charge in [0, 0.05) is 30.5 Å². The standard InChI is InChI=1S/C18H20FN7O/c1-12-13(2)26(11-24-12)17-9-16(22-10-23-17)20-7-8-21-18(27)25-15-5-3-14(19)4-6-15/h3-6,9-11H,7-8H2,1-2H3,(H,20,22,23)(H2,21,25,27). The third-order valence-corrected chi connectivity index (χ3v) is 3.97. The van der Waals surface area contributed by atoms with Crippen molar-refractivity contribution in [3.05, 3.63) is 60.2 Å². The van der Waals surface area contributed by atoms with E-state index in [0.717, 1.165) is 11.4 Å². The number of carbonyl (C=O) groups excluding carboxylic acids is 1. The Kier molecular flexibility index (Phi) is 5.60. The highest BCUT2D eigenvalue weighted by molar-refractivity contribution is 5.89. The van der Waals surface area contributed by atoms with Crippen molar-refractivity contribution in [3.63, 3.8) is 0 Å². The van der Waals surface area contributed by atoms with Gasteiger partial charge in [-0.2, -0.15) is 0 Å². The SMILES string of the molecule is Cc1ncn(-c2cc(NCCNC(=O)Nc3ccc(F)cc3)ncn2)c1C. The van der Waals surface area contributed by atoms with Gasteiger partial charge in [-0.3, -0.25) is 4.57 Å². The molecule has 0 spiro atoms. The first-order chi connectivity index (χ1) is 13.0. The molecule has 0 atom stereocenters. The summed E-state index contributed by atoms with van der Waals surface area (Å²) < 4.78 is 14.7. The Hall–Kier alpha value is -3.49. The van der Waals surface area contributed by atoms with E-state index in [4.69, 9.17) is 0 Å². The highest BCUT2D eigenvalue weighted by Crippen LogP contribution is 2.13. The molecule has 3 N–H and O–H groups in total. The van der Waals surface area contributed by atoms with Gasteiger partial charge in [-0.1, -0.05) is 0 Å². The van der Waals surface area contributed by atoms with Gasteiger partial charge in [0.1, 0.15) is 30.1 Å². The molecule has 8 nitrogen and oxygen atoms in total. The fourth-order valence-corrected chi connectivity index (χ4v) is 2.38. The minimum atomic E-state index is -0.365. The third kappa shape index (κ3) is 4.78. The monoisotopic (exact) mass is 369 g/mol. The summed E-state index contributed by atoms with van der Waals surface area (Å²) in [5.41, 5.74) is 2.48. The minimum Gasteiger partial charge on any atom is -0.368 e. The molecule has 2 amide bonds. The zero-order chi connectivity index (χ0) is 19.2. The number of carbonyl (C=O) groups is 1. The number of imidazole rings is 1. The van der Waals surface area contributed by atoms with E-state index in [1.54, 1.807) is 6.33 Å². The number of amides is 2. The molecular formula is C18H20FN7O. The molecule has 3 rings (SSSR count). The van der Waals surface area contributed by atoms with Crippen LogP contribution < -0.4 is 16.0 Å². The summed E-state index contributed by atoms with van der Waals surface area (Å²) in [6, 6.07) is 7.01. The zero-order valence-electron chi connectivity index (χ0n) is 15.0. The Morgan fingerprint density at radius 3 is 2.59 bits per heavy atom. The Morgan fingerprint density at radius 1 is 1.11 bits per heavy atom. The van der Waals surface area contributed by atoms with E-state index in [0.29, 0.717) is 30.4 Å². The molecule has 3 aromatic rings. The van der Waals surface area contributed by atoms with Crippen LogP contribution in [0, 0.1) is 19.7 Å². The predicted octanol–water partition coefficient (Wildman–Crippen LogP) is 2.65. The lowest BCUT2D eigenvalue weighted by molar-refractivity contribution is 0.252. The van der Waals surface area contributed by atoms with Crippen LogP contribution in [0.2, 0.25) is 0 Å². The fraction of sp³-hybridized carbons (Fsp3) is 0.222. The summed E-state index contributed by atoms with van der Waals surface area (Å²) in [6.07, 6.45) is 3.19. The van der Waals surface area contributed by atoms with Gasteiger partial charge in [0.2, 0.25) is 0 Å². The molecule has 0 aliphatic rings. The molecule has 0 unspecified atom stereocenters. The molecule has 2 aromatic heterocycles. The van der Waals surface area contributed by atoms with Gasteiger partial charge in [0.15, 0.2) is 0 Å². The average Bonchev–Trinajstić information content (AvgIpc) is 3.00. The van der Waals surface area contributed by atoms with Crippen LogP contribution in [0.15, 0.2) is 43.0 Å². The molecule has 2 heterocycles. The van der Waals surface area contributed by atoms with Gasteiger partial charge in [0.25, 0.3) is 0 Å². The Morgan fingerprint density at radius 2 is 1.89 bits per heavy atom. The molecule has 0 aliphatic carbocycles. The number of nitrogens with one attached hydrogen (secondary N) is 3. The average molecular weight is 369 g/mol. The van der Waals surface area contributed by atoms with E-state index >= 15 is 0 Å². The summed E-state index contributed by atoms with van der Waals surface area (Å²) in [5, 5.41) is 8.47. The van der Waals surface area contributed by atoms with Crippen molar-refractivity contribution in [3.8, 4) is 5.82 Å². The van der Waals surface area contributed by atoms with Crippen LogP contribution >= 0.6 is 0 Å². The second-order valence-corrected chi connectivity index (χ2v) is 5.86. The Bertz CT molecular complexity index is 924. The highest BCUT2D eigenvalue weighted by atomic mass is 19.1. The van der Waals surface area contributed by atoms with Crippen molar-refractivity contribution in [2.45, 2.75) is 13.8 Å². The number of urea groups is 1. The van der Waals surface area contributed by atoms with Gasteiger partial charge >= 0.3 is 6.03 Å². The topological polar surface area (TPSA) is 96.8 Å². The number of benzene rings is 1. The minimum absolute atomic E-state index is 0.351. The van der Waals surface area contributed by atoms with Gasteiger partial charge in [-0.15, -0.1) is 0 Å². The summed E-state index contributed by atoms with van der Waals surface area (Å²) in [4.78, 5) is 24.5. The normalized spacial score (nSPS) is 10.5. The number of anilines is 2. The van der Waals surface area contributed by atoms with Crippen LogP contribution in [-0.4, -0.2) is 38.6 Å². The highest BCUT2D eigenvalue weighted by Gasteiger charge is 2.07. The van der Waals surface area contributed by atoms with Crippen molar-refractivity contribution in [2.24, 2.45) is 0 Å². The van der Waals surface area contributed by atoms with Gasteiger partial charge in [-0.25, -0.2) is 24.1 Å². The van der Waals surface area contributed by atoms with E-state index in [1.165, 1.54) is 30.6 Å². The first kappa shape index (κ1) is 18.3. The van der Waals surface area contributed by atoms with E-state index in [2.05, 4.69) is 30.9 Å². The molecular weight excluding hydrogens is 349 g/mol. The summed E-state index contributed by atoms with van der Waals surface area (Å²) in [6.45, 7) is 4.78. The van der Waals surface area contributed by atoms with Crippen molar-refractivity contribution >= 4 is 17.5 Å². The molecule has 1 aromatic carbocycles. The van der Waals surface area contributed by atoms with Crippen LogP contribution in [-0.2, 0) is 0 Å². The maximum atomic E-state index is 12.8. The number of hydrogen-bond donors (Lipinski definition) is 3. The predicted molar refractivity (Wildman–Crippen MR) is 101 cm³/mol. The molecule has 9 heteroatoms. The number of rotatable bonds is 6. The molecule has 0 aliphatic heterocycles. The lowest BCUT2D eigenvalue weighted by Gasteiger charge is -2.10. The van der Waals surface area contributed by atoms with Crippen molar-refractivity contribution in [2.75, 3.05) is 23.7 Å². The van der Waals surface area contributed by atoms with Crippen molar-refractivity contribution in [1.82, 2.24) is 24.8 Å². The lowest BCUT2D eigenvalue weighted by atomic mass is 10.3. The van der Waals surface area contributed by atoms with Crippen molar-refractivity contribution in [1.29, 1.82) is 0 Å². The van der Waals surface area contributed by atoms with Crippen LogP contribution in [0.25, 0.3) is 5.82 Å². The van der Waals surface area contributed by atoms with E-state index < -0.39 is 0 Å². The van der Waals surface area contributed by atoms with Gasteiger partial charge < -0.3 is 16.0 Å². The van der Waals surface area contributed by atoms with Crippen LogP contribution in [0.3, 0.4) is 0 Å². The lowest BCUT2D eigenvalue weighted by Crippen LogP contribution is -2.32. The molecule has 27 heavy (non-hydrogen) atoms. The molecule has 0 bridgehead atoms. The largest absolute Gasteiger partial charge is 0.368 e. The molecule has 0 radical (unpaired) electrons. The van der Waals surface area contributed by atoms with Crippen molar-refractivity contribution < 1.29 is 9.18 Å². The maximum Gasteiger partial charge on any atom is 0.319 e. The van der Waals surface area contributed by atoms with E-state index in [-0.39, 0.29) is 11.8 Å². The number of halogens is 1. The summed E-state index contributed by atoms with van der Waals surface area (Å²) in [5.74, 6) is 1.01. The van der Waals surface area contributed by atoms with E-state index in [1.807, 2.05) is 24.5 Å². The second-order valence-electron chi connectivity index (χ2n) is 5.86. The second kappa shape index (κ2) is 8.26. The van der Waals surface area contributed by atoms with Crippen LogP contribution in [0.4, 0.5) is 20.7 Å². The smallest absolute Gasteiger partial charge is 0.319 e. The molecule has 0 saturated heterocycles. The summed E-state index contributed by atoms with van der Waals surface area (Å²) in [7, 11) is 0. The number of nitrogens with zero attached hydrogens (tertiary/aromatic N) is 4. The van der Waals surface area contributed by atoms with Crippen LogP contribution in [0.1, 0.15) is 11.4 Å². The first-order valence-electron chi connectivity index (χ1n) is 8.40. The molecule has 0 fully saturated rings. The van der Waals surface area contributed by atoms with Gasteiger partial charge in [0.05, 0.1) is 5.69 Å². The van der Waals surface area contributed by atoms with Gasteiger partial charge in [-0.05, 0) is 38.1 Å². The fourth-order valence-electron chi connectivity index (χ4n) is 2.38. The first-order valence-corrected chi connectivity index (χ1v) is 8.40. The quantitative estimate of drug-likeness (QED) is 0.581. The maximum absolute atomic E-state index is 12.8. The zero-order valence-corrected chi connectivity index (χ0v) is 15.0. The molecule has 0 saturated carbocycles. The Balaban J connectivity index is 1.48. The number of aryl methyl sites for hydroxylation is 1. The third-order valence-electron chi connectivity index (χ3n) is 3.97. The van der Waals surface area contributed by atoms with E-state index in [9.17, 15) is 9.18 Å². The number of hydrogen-bond acceptors (Lipinski definition) is 5.